The Bertz CT molecular complexity index is 915. The average molecular weight is 392 g/mol. The molecule has 0 saturated heterocycles. The lowest BCUT2D eigenvalue weighted by Crippen LogP contribution is -2.10. The van der Waals surface area contributed by atoms with Crippen molar-refractivity contribution in [2.45, 2.75) is 20.3 Å². The van der Waals surface area contributed by atoms with Gasteiger partial charge in [0.05, 0.1) is 12.3 Å². The maximum Gasteiger partial charge on any atom is 0.341 e. The number of aromatic nitrogens is 2. The van der Waals surface area contributed by atoms with Crippen LogP contribution in [0.1, 0.15) is 29.4 Å². The average Bonchev–Trinajstić information content (AvgIpc) is 2.61. The van der Waals surface area contributed by atoms with Gasteiger partial charge in [-0.1, -0.05) is 18.5 Å². The van der Waals surface area contributed by atoms with Crippen LogP contribution in [-0.4, -0.2) is 22.5 Å². The highest BCUT2D eigenvalue weighted by Crippen LogP contribution is 2.29. The van der Waals surface area contributed by atoms with Crippen LogP contribution in [0.15, 0.2) is 42.6 Å². The molecule has 0 saturated carbocycles. The molecule has 0 fully saturated rings. The number of anilines is 2. The number of fused-ring (bicyclic) bond motifs is 1. The summed E-state index contributed by atoms with van der Waals surface area (Å²) >= 11 is 5.94. The lowest BCUT2D eigenvalue weighted by atomic mass is 10.1. The van der Waals surface area contributed by atoms with Crippen molar-refractivity contribution in [1.82, 2.24) is 9.97 Å². The highest BCUT2D eigenvalue weighted by molar-refractivity contribution is 6.30. The summed E-state index contributed by atoms with van der Waals surface area (Å²) in [7, 11) is 0. The number of pyridine rings is 2. The molecule has 0 atom stereocenters. The summed E-state index contributed by atoms with van der Waals surface area (Å²) in [6, 6.07) is 11.0. The van der Waals surface area contributed by atoms with Crippen LogP contribution in [0.2, 0.25) is 5.02 Å². The lowest BCUT2D eigenvalue weighted by molar-refractivity contribution is 0.0506. The van der Waals surface area contributed by atoms with Crippen molar-refractivity contribution in [1.29, 1.82) is 0 Å². The van der Waals surface area contributed by atoms with E-state index in [-0.39, 0.29) is 12.4 Å². The standard InChI is InChI=1S/C19H18ClN3O2.ClH/c1-3-10-25-19(24)16-11-21-18-15(9-4-12(2)22-18)17(16)23-14-7-5-13(20)6-8-14;/h4-9,11H,3,10H2,1-2H3,(H,21,22,23);1H. The number of rotatable bonds is 5. The van der Waals surface area contributed by atoms with Gasteiger partial charge in [0.15, 0.2) is 5.65 Å². The van der Waals surface area contributed by atoms with Gasteiger partial charge in [0.1, 0.15) is 5.56 Å². The quantitative estimate of drug-likeness (QED) is 0.595. The summed E-state index contributed by atoms with van der Waals surface area (Å²) in [5, 5.41) is 4.68. The Hall–Kier alpha value is -2.37. The Morgan fingerprint density at radius 1 is 1.19 bits per heavy atom. The number of carbonyl (C=O) groups is 1. The van der Waals surface area contributed by atoms with Crippen molar-refractivity contribution in [3.8, 4) is 0 Å². The molecule has 0 aliphatic carbocycles. The molecule has 1 N–H and O–H groups in total. The van der Waals surface area contributed by atoms with E-state index in [1.54, 1.807) is 12.1 Å². The molecule has 3 rings (SSSR count). The Morgan fingerprint density at radius 2 is 1.92 bits per heavy atom. The SMILES string of the molecule is CCCOC(=O)c1cnc2nc(C)ccc2c1Nc1ccc(Cl)cc1.Cl. The van der Waals surface area contributed by atoms with Crippen LogP contribution >= 0.6 is 24.0 Å². The normalized spacial score (nSPS) is 10.3. The number of carbonyl (C=O) groups excluding carboxylic acids is 1. The molecular weight excluding hydrogens is 373 g/mol. The van der Waals surface area contributed by atoms with Crippen LogP contribution in [0.25, 0.3) is 11.0 Å². The van der Waals surface area contributed by atoms with Crippen molar-refractivity contribution in [3.63, 3.8) is 0 Å². The monoisotopic (exact) mass is 391 g/mol. The first kappa shape index (κ1) is 19.9. The third-order valence-corrected chi connectivity index (χ3v) is 3.89. The van der Waals surface area contributed by atoms with E-state index in [0.717, 1.165) is 23.2 Å². The molecular formula is C19H19Cl2N3O2. The number of nitrogens with one attached hydrogen (secondary N) is 1. The Balaban J connectivity index is 0.00000243. The minimum atomic E-state index is -0.409. The summed E-state index contributed by atoms with van der Waals surface area (Å²) in [6.45, 7) is 4.21. The zero-order valence-electron chi connectivity index (χ0n) is 14.5. The molecule has 7 heteroatoms. The van der Waals surface area contributed by atoms with Crippen LogP contribution in [-0.2, 0) is 4.74 Å². The van der Waals surface area contributed by atoms with E-state index in [1.807, 2.05) is 38.1 Å². The minimum Gasteiger partial charge on any atom is -0.462 e. The minimum absolute atomic E-state index is 0. The first-order valence-corrected chi connectivity index (χ1v) is 8.42. The van der Waals surface area contributed by atoms with Crippen molar-refractivity contribution in [2.24, 2.45) is 0 Å². The van der Waals surface area contributed by atoms with Gasteiger partial charge in [-0.2, -0.15) is 0 Å². The summed E-state index contributed by atoms with van der Waals surface area (Å²) < 4.78 is 5.29. The number of ether oxygens (including phenoxy) is 1. The van der Waals surface area contributed by atoms with Crippen LogP contribution < -0.4 is 5.32 Å². The fourth-order valence-corrected chi connectivity index (χ4v) is 2.54. The molecule has 136 valence electrons. The largest absolute Gasteiger partial charge is 0.462 e. The van der Waals surface area contributed by atoms with Crippen LogP contribution in [0, 0.1) is 6.92 Å². The number of aryl methyl sites for hydroxylation is 1. The van der Waals surface area contributed by atoms with E-state index >= 15 is 0 Å². The summed E-state index contributed by atoms with van der Waals surface area (Å²) in [5.41, 5.74) is 3.24. The molecule has 1 aromatic carbocycles. The molecule has 2 heterocycles. The molecule has 0 spiro atoms. The highest BCUT2D eigenvalue weighted by Gasteiger charge is 2.17. The van der Waals surface area contributed by atoms with Crippen molar-refractivity contribution in [2.75, 3.05) is 11.9 Å². The summed E-state index contributed by atoms with van der Waals surface area (Å²) in [5.74, 6) is -0.409. The number of halogens is 2. The van der Waals surface area contributed by atoms with Gasteiger partial charge in [-0.3, -0.25) is 0 Å². The van der Waals surface area contributed by atoms with Gasteiger partial charge in [-0.05, 0) is 49.7 Å². The van der Waals surface area contributed by atoms with Gasteiger partial charge >= 0.3 is 5.97 Å². The number of benzene rings is 1. The maximum absolute atomic E-state index is 12.4. The lowest BCUT2D eigenvalue weighted by Gasteiger charge is -2.14. The third-order valence-electron chi connectivity index (χ3n) is 3.64. The van der Waals surface area contributed by atoms with Crippen LogP contribution in [0.5, 0.6) is 0 Å². The Morgan fingerprint density at radius 3 is 2.62 bits per heavy atom. The zero-order chi connectivity index (χ0) is 17.8. The van der Waals surface area contributed by atoms with Gasteiger partial charge in [0.2, 0.25) is 0 Å². The number of esters is 1. The van der Waals surface area contributed by atoms with Crippen LogP contribution in [0.3, 0.4) is 0 Å². The summed E-state index contributed by atoms with van der Waals surface area (Å²) in [4.78, 5) is 21.2. The molecule has 0 unspecified atom stereocenters. The van der Waals surface area contributed by atoms with E-state index in [0.29, 0.717) is 28.5 Å². The van der Waals surface area contributed by atoms with Gasteiger partial charge < -0.3 is 10.1 Å². The van der Waals surface area contributed by atoms with Crippen LogP contribution in [0.4, 0.5) is 11.4 Å². The van der Waals surface area contributed by atoms with Gasteiger partial charge in [0.25, 0.3) is 0 Å². The van der Waals surface area contributed by atoms with E-state index < -0.39 is 5.97 Å². The fourth-order valence-electron chi connectivity index (χ4n) is 2.41. The highest BCUT2D eigenvalue weighted by atomic mass is 35.5. The molecule has 5 nitrogen and oxygen atoms in total. The molecule has 0 aliphatic rings. The first-order valence-electron chi connectivity index (χ1n) is 8.04. The molecule has 0 amide bonds. The molecule has 3 aromatic rings. The molecule has 0 aliphatic heterocycles. The second-order valence-electron chi connectivity index (χ2n) is 5.64. The van der Waals surface area contributed by atoms with E-state index in [9.17, 15) is 4.79 Å². The fraction of sp³-hybridized carbons (Fsp3) is 0.211. The molecule has 0 radical (unpaired) electrons. The topological polar surface area (TPSA) is 64.1 Å². The van der Waals surface area contributed by atoms with Crippen molar-refractivity contribution >= 4 is 52.4 Å². The first-order chi connectivity index (χ1) is 12.1. The van der Waals surface area contributed by atoms with E-state index in [1.165, 1.54) is 6.20 Å². The second kappa shape index (κ2) is 8.83. The van der Waals surface area contributed by atoms with Crippen molar-refractivity contribution in [3.05, 3.63) is 58.9 Å². The Kier molecular flexibility index (Phi) is 6.77. The van der Waals surface area contributed by atoms with Gasteiger partial charge in [-0.15, -0.1) is 12.4 Å². The molecule has 26 heavy (non-hydrogen) atoms. The Labute approximate surface area is 163 Å². The van der Waals surface area contributed by atoms with E-state index in [4.69, 9.17) is 16.3 Å². The number of hydrogen-bond donors (Lipinski definition) is 1. The van der Waals surface area contributed by atoms with Gasteiger partial charge in [0, 0.05) is 28.0 Å². The number of nitrogens with zero attached hydrogens (tertiary/aromatic N) is 2. The predicted octanol–water partition coefficient (Wildman–Crippen LogP) is 5.32. The third kappa shape index (κ3) is 4.42. The van der Waals surface area contributed by atoms with Crippen molar-refractivity contribution < 1.29 is 9.53 Å². The second-order valence-corrected chi connectivity index (χ2v) is 6.07. The van der Waals surface area contributed by atoms with E-state index in [2.05, 4.69) is 15.3 Å². The molecule has 0 bridgehead atoms. The smallest absolute Gasteiger partial charge is 0.341 e. The van der Waals surface area contributed by atoms with Gasteiger partial charge in [-0.25, -0.2) is 14.8 Å². The summed E-state index contributed by atoms with van der Waals surface area (Å²) in [6.07, 6.45) is 2.26. The molecule has 2 aromatic heterocycles. The predicted molar refractivity (Wildman–Crippen MR) is 107 cm³/mol. The number of hydrogen-bond acceptors (Lipinski definition) is 5. The zero-order valence-corrected chi connectivity index (χ0v) is 16.0. The maximum atomic E-state index is 12.4.